The summed E-state index contributed by atoms with van der Waals surface area (Å²) in [5.41, 5.74) is -0.285. The van der Waals surface area contributed by atoms with E-state index in [0.717, 1.165) is 18.2 Å². The summed E-state index contributed by atoms with van der Waals surface area (Å²) in [7, 11) is 0. The van der Waals surface area contributed by atoms with E-state index in [2.05, 4.69) is 10.1 Å². The molecule has 3 amide bonds. The van der Waals surface area contributed by atoms with Crippen LogP contribution in [0.15, 0.2) is 18.2 Å². The molecule has 2 N–H and O–H groups in total. The zero-order chi connectivity index (χ0) is 18.1. The maximum Gasteiger partial charge on any atom is 0.413 e. The van der Waals surface area contributed by atoms with E-state index in [1.165, 1.54) is 4.90 Å². The number of carbonyl (C=O) groups is 3. The van der Waals surface area contributed by atoms with Crippen LogP contribution in [0.4, 0.5) is 19.3 Å². The number of hydrogen-bond donors (Lipinski definition) is 2. The molecule has 0 bridgehead atoms. The number of carbonyl (C=O) groups excluding carboxylic acids is 3. The van der Waals surface area contributed by atoms with E-state index in [1.54, 1.807) is 13.8 Å². The van der Waals surface area contributed by atoms with Gasteiger partial charge in [-0.25, -0.2) is 13.6 Å². The second-order valence-electron chi connectivity index (χ2n) is 4.74. The maximum absolute atomic E-state index is 13.5. The summed E-state index contributed by atoms with van der Waals surface area (Å²) >= 11 is 0. The molecule has 1 rings (SSSR count). The van der Waals surface area contributed by atoms with Crippen molar-refractivity contribution in [2.45, 2.75) is 13.8 Å². The van der Waals surface area contributed by atoms with Gasteiger partial charge in [-0.3, -0.25) is 19.8 Å². The quantitative estimate of drug-likeness (QED) is 0.783. The number of nitrogens with zero attached hydrogens (tertiary/aromatic N) is 1. The van der Waals surface area contributed by atoms with Gasteiger partial charge in [-0.2, -0.15) is 0 Å². The lowest BCUT2D eigenvalue weighted by Gasteiger charge is -2.19. The lowest BCUT2D eigenvalue weighted by molar-refractivity contribution is -0.122. The molecular weight excluding hydrogens is 324 g/mol. The molecule has 0 aliphatic carbocycles. The Labute approximate surface area is 138 Å². The minimum atomic E-state index is -0.871. The third-order valence-electron chi connectivity index (χ3n) is 2.90. The van der Waals surface area contributed by atoms with Gasteiger partial charge in [-0.15, -0.1) is 0 Å². The van der Waals surface area contributed by atoms with Gasteiger partial charge < -0.3 is 10.1 Å². The molecule has 0 saturated carbocycles. The van der Waals surface area contributed by atoms with Crippen molar-refractivity contribution in [2.75, 3.05) is 31.6 Å². The third-order valence-corrected chi connectivity index (χ3v) is 2.90. The fourth-order valence-electron chi connectivity index (χ4n) is 1.79. The number of imide groups is 1. The molecule has 9 heteroatoms. The van der Waals surface area contributed by atoms with Crippen LogP contribution in [0.3, 0.4) is 0 Å². The summed E-state index contributed by atoms with van der Waals surface area (Å²) in [5, 5.41) is 4.23. The van der Waals surface area contributed by atoms with Crippen LogP contribution in [0.25, 0.3) is 0 Å². The number of likely N-dealkylation sites (N-methyl/N-ethyl adjacent to an activating group) is 1. The van der Waals surface area contributed by atoms with E-state index in [-0.39, 0.29) is 25.4 Å². The molecule has 132 valence electrons. The van der Waals surface area contributed by atoms with E-state index in [9.17, 15) is 23.2 Å². The Balaban J connectivity index is 2.55. The first kappa shape index (κ1) is 19.5. The standard InChI is InChI=1S/C15H19F2N3O4/c1-3-20(9-14(22)19-15(23)24-4-2)8-13(21)18-12-7-10(16)5-6-11(12)17/h5-7H,3-4,8-9H2,1-2H3,(H,18,21)(H,19,22,23). The molecule has 0 spiro atoms. The Hall–Kier alpha value is -2.55. The van der Waals surface area contributed by atoms with Crippen molar-refractivity contribution >= 4 is 23.6 Å². The fraction of sp³-hybridized carbons (Fsp3) is 0.400. The lowest BCUT2D eigenvalue weighted by Crippen LogP contribution is -2.43. The highest BCUT2D eigenvalue weighted by Crippen LogP contribution is 2.15. The van der Waals surface area contributed by atoms with Gasteiger partial charge in [0.25, 0.3) is 0 Å². The topological polar surface area (TPSA) is 87.7 Å². The average Bonchev–Trinajstić information content (AvgIpc) is 2.50. The van der Waals surface area contributed by atoms with E-state index in [0.29, 0.717) is 6.54 Å². The van der Waals surface area contributed by atoms with E-state index >= 15 is 0 Å². The molecule has 0 aliphatic rings. The Morgan fingerprint density at radius 2 is 1.79 bits per heavy atom. The second kappa shape index (κ2) is 9.56. The molecule has 0 aromatic heterocycles. The molecule has 24 heavy (non-hydrogen) atoms. The maximum atomic E-state index is 13.5. The molecule has 0 fully saturated rings. The van der Waals surface area contributed by atoms with Gasteiger partial charge in [0.2, 0.25) is 11.8 Å². The zero-order valence-electron chi connectivity index (χ0n) is 13.4. The van der Waals surface area contributed by atoms with Gasteiger partial charge in [0.05, 0.1) is 25.4 Å². The highest BCUT2D eigenvalue weighted by Gasteiger charge is 2.16. The lowest BCUT2D eigenvalue weighted by atomic mass is 10.3. The van der Waals surface area contributed by atoms with Crippen LogP contribution in [-0.2, 0) is 14.3 Å². The van der Waals surface area contributed by atoms with Gasteiger partial charge in [0.15, 0.2) is 0 Å². The predicted octanol–water partition coefficient (Wildman–Crippen LogP) is 1.50. The zero-order valence-corrected chi connectivity index (χ0v) is 13.4. The smallest absolute Gasteiger partial charge is 0.413 e. The summed E-state index contributed by atoms with van der Waals surface area (Å²) in [4.78, 5) is 36.1. The Morgan fingerprint density at radius 1 is 1.12 bits per heavy atom. The van der Waals surface area contributed by atoms with Crippen LogP contribution in [0.5, 0.6) is 0 Å². The number of alkyl carbamates (subject to hydrolysis) is 1. The van der Waals surface area contributed by atoms with Crippen LogP contribution in [0.1, 0.15) is 13.8 Å². The van der Waals surface area contributed by atoms with Crippen molar-refractivity contribution in [3.63, 3.8) is 0 Å². The minimum Gasteiger partial charge on any atom is -0.450 e. The number of rotatable bonds is 7. The van der Waals surface area contributed by atoms with Gasteiger partial charge in [0, 0.05) is 6.07 Å². The first-order chi connectivity index (χ1) is 11.3. The largest absolute Gasteiger partial charge is 0.450 e. The monoisotopic (exact) mass is 343 g/mol. The van der Waals surface area contributed by atoms with Crippen molar-refractivity contribution < 1.29 is 27.9 Å². The molecule has 0 radical (unpaired) electrons. The molecule has 1 aromatic carbocycles. The summed E-state index contributed by atoms with van der Waals surface area (Å²) in [6.07, 6.45) is -0.871. The highest BCUT2D eigenvalue weighted by atomic mass is 19.1. The van der Waals surface area contributed by atoms with Crippen LogP contribution in [-0.4, -0.2) is 49.0 Å². The average molecular weight is 343 g/mol. The van der Waals surface area contributed by atoms with Crippen molar-refractivity contribution in [2.24, 2.45) is 0 Å². The highest BCUT2D eigenvalue weighted by molar-refractivity contribution is 5.94. The molecule has 0 heterocycles. The SMILES string of the molecule is CCOC(=O)NC(=O)CN(CC)CC(=O)Nc1cc(F)ccc1F. The van der Waals surface area contributed by atoms with Gasteiger partial charge in [-0.1, -0.05) is 6.92 Å². The Bertz CT molecular complexity index is 610. The number of ether oxygens (including phenoxy) is 1. The van der Waals surface area contributed by atoms with Crippen molar-refractivity contribution in [3.8, 4) is 0 Å². The summed E-state index contributed by atoms with van der Waals surface area (Å²) in [6, 6.07) is 2.69. The first-order valence-electron chi connectivity index (χ1n) is 7.29. The van der Waals surface area contributed by atoms with Crippen LogP contribution in [0, 0.1) is 11.6 Å². The molecule has 0 aliphatic heterocycles. The van der Waals surface area contributed by atoms with Gasteiger partial charge in [0.1, 0.15) is 11.6 Å². The van der Waals surface area contributed by atoms with Gasteiger partial charge >= 0.3 is 6.09 Å². The Morgan fingerprint density at radius 3 is 2.42 bits per heavy atom. The number of amides is 3. The predicted molar refractivity (Wildman–Crippen MR) is 82.3 cm³/mol. The summed E-state index contributed by atoms with van der Waals surface area (Å²) in [5.74, 6) is -2.72. The van der Waals surface area contributed by atoms with Crippen molar-refractivity contribution in [1.29, 1.82) is 0 Å². The Kier molecular flexibility index (Phi) is 7.76. The molecule has 0 atom stereocenters. The molecule has 0 saturated heterocycles. The van der Waals surface area contributed by atoms with Crippen molar-refractivity contribution in [3.05, 3.63) is 29.8 Å². The summed E-state index contributed by atoms with van der Waals surface area (Å²) < 4.78 is 31.1. The molecule has 7 nitrogen and oxygen atoms in total. The molecule has 0 unspecified atom stereocenters. The minimum absolute atomic E-state index is 0.123. The van der Waals surface area contributed by atoms with Crippen molar-refractivity contribution in [1.82, 2.24) is 10.2 Å². The molecule has 1 aromatic rings. The van der Waals surface area contributed by atoms with E-state index in [1.807, 2.05) is 5.32 Å². The van der Waals surface area contributed by atoms with Crippen LogP contribution in [0.2, 0.25) is 0 Å². The van der Waals surface area contributed by atoms with E-state index in [4.69, 9.17) is 0 Å². The second-order valence-corrected chi connectivity index (χ2v) is 4.74. The fourth-order valence-corrected chi connectivity index (χ4v) is 1.79. The normalized spacial score (nSPS) is 10.4. The molecular formula is C15H19F2N3O4. The van der Waals surface area contributed by atoms with Gasteiger partial charge in [-0.05, 0) is 25.6 Å². The summed E-state index contributed by atoms with van der Waals surface area (Å²) in [6.45, 7) is 3.29. The first-order valence-corrected chi connectivity index (χ1v) is 7.29. The number of nitrogens with one attached hydrogen (secondary N) is 2. The number of anilines is 1. The number of hydrogen-bond acceptors (Lipinski definition) is 5. The van der Waals surface area contributed by atoms with Crippen LogP contribution < -0.4 is 10.6 Å². The number of halogens is 2. The number of benzene rings is 1. The third kappa shape index (κ3) is 6.69. The van der Waals surface area contributed by atoms with E-state index < -0.39 is 29.5 Å². The van der Waals surface area contributed by atoms with Crippen LogP contribution >= 0.6 is 0 Å².